The second kappa shape index (κ2) is 5.18. The fourth-order valence-corrected chi connectivity index (χ4v) is 2.24. The highest BCUT2D eigenvalue weighted by atomic mass is 32.1. The van der Waals surface area contributed by atoms with Gasteiger partial charge in [-0.15, -0.1) is 11.3 Å². The van der Waals surface area contributed by atoms with Crippen LogP contribution in [0.15, 0.2) is 29.8 Å². The predicted octanol–water partition coefficient (Wildman–Crippen LogP) is 2.02. The van der Waals surface area contributed by atoms with E-state index in [2.05, 4.69) is 21.4 Å². The average molecular weight is 233 g/mol. The van der Waals surface area contributed by atoms with Crippen LogP contribution in [0.25, 0.3) is 0 Å². The lowest BCUT2D eigenvalue weighted by molar-refractivity contribution is 0.714. The van der Waals surface area contributed by atoms with Crippen LogP contribution in [0.2, 0.25) is 0 Å². The second-order valence-electron chi connectivity index (χ2n) is 3.90. The normalized spacial score (nSPS) is 12.6. The van der Waals surface area contributed by atoms with Gasteiger partial charge in [-0.25, -0.2) is 9.97 Å². The topological polar surface area (TPSA) is 51.8 Å². The highest BCUT2D eigenvalue weighted by molar-refractivity contribution is 7.09. The Hall–Kier alpha value is -1.26. The van der Waals surface area contributed by atoms with Crippen LogP contribution in [-0.2, 0) is 12.8 Å². The van der Waals surface area contributed by atoms with Crippen molar-refractivity contribution >= 4 is 11.3 Å². The number of nitrogens with zero attached hydrogens (tertiary/aromatic N) is 2. The number of hydrogen-bond acceptors (Lipinski definition) is 4. The zero-order valence-corrected chi connectivity index (χ0v) is 10.1. The molecule has 2 rings (SSSR count). The number of thiophene rings is 1. The molecule has 16 heavy (non-hydrogen) atoms. The van der Waals surface area contributed by atoms with Gasteiger partial charge in [-0.2, -0.15) is 0 Å². The van der Waals surface area contributed by atoms with Crippen LogP contribution in [0.1, 0.15) is 23.3 Å². The first kappa shape index (κ1) is 11.2. The molecule has 0 amide bonds. The Morgan fingerprint density at radius 2 is 2.31 bits per heavy atom. The summed E-state index contributed by atoms with van der Waals surface area (Å²) in [5, 5.41) is 2.07. The molecule has 0 spiro atoms. The second-order valence-corrected chi connectivity index (χ2v) is 4.93. The largest absolute Gasteiger partial charge is 0.328 e. The van der Waals surface area contributed by atoms with Gasteiger partial charge >= 0.3 is 0 Å². The highest BCUT2D eigenvalue weighted by Crippen LogP contribution is 2.12. The molecule has 1 atom stereocenters. The van der Waals surface area contributed by atoms with Crippen molar-refractivity contribution in [1.82, 2.24) is 9.97 Å². The average Bonchev–Trinajstić information content (AvgIpc) is 2.70. The van der Waals surface area contributed by atoms with Crippen LogP contribution in [-0.4, -0.2) is 16.0 Å². The molecule has 0 saturated heterocycles. The summed E-state index contributed by atoms with van der Waals surface area (Å²) in [5.74, 6) is 0.876. The minimum Gasteiger partial charge on any atom is -0.328 e. The van der Waals surface area contributed by atoms with E-state index in [0.29, 0.717) is 0 Å². The van der Waals surface area contributed by atoms with Gasteiger partial charge in [-0.05, 0) is 24.4 Å². The third kappa shape index (κ3) is 3.12. The fourth-order valence-electron chi connectivity index (χ4n) is 1.54. The molecule has 0 aliphatic rings. The van der Waals surface area contributed by atoms with Gasteiger partial charge in [0.2, 0.25) is 0 Å². The molecular formula is C12H15N3S. The first-order valence-electron chi connectivity index (χ1n) is 5.33. The van der Waals surface area contributed by atoms with Gasteiger partial charge in [0.15, 0.2) is 0 Å². The summed E-state index contributed by atoms with van der Waals surface area (Å²) in [6, 6.07) is 6.23. The third-order valence-electron chi connectivity index (χ3n) is 2.21. The number of aromatic nitrogens is 2. The van der Waals surface area contributed by atoms with Crippen LogP contribution in [0, 0.1) is 0 Å². The van der Waals surface area contributed by atoms with Crippen LogP contribution in [0.5, 0.6) is 0 Å². The van der Waals surface area contributed by atoms with Gasteiger partial charge in [0.25, 0.3) is 0 Å². The first-order chi connectivity index (χ1) is 7.74. The van der Waals surface area contributed by atoms with Gasteiger partial charge in [-0.1, -0.05) is 6.07 Å². The molecule has 0 bridgehead atoms. The smallest absolute Gasteiger partial charge is 0.133 e. The molecular weight excluding hydrogens is 218 g/mol. The maximum absolute atomic E-state index is 5.75. The Morgan fingerprint density at radius 3 is 3.00 bits per heavy atom. The van der Waals surface area contributed by atoms with Crippen molar-refractivity contribution in [2.75, 3.05) is 0 Å². The summed E-state index contributed by atoms with van der Waals surface area (Å²) in [6.45, 7) is 1.99. The zero-order valence-electron chi connectivity index (χ0n) is 9.26. The lowest BCUT2D eigenvalue weighted by Gasteiger charge is -2.05. The van der Waals surface area contributed by atoms with Crippen molar-refractivity contribution < 1.29 is 0 Å². The van der Waals surface area contributed by atoms with E-state index >= 15 is 0 Å². The van der Waals surface area contributed by atoms with Crippen molar-refractivity contribution in [3.05, 3.63) is 46.2 Å². The molecule has 1 unspecified atom stereocenters. The van der Waals surface area contributed by atoms with Gasteiger partial charge in [0, 0.05) is 35.7 Å². The Labute approximate surface area is 99.4 Å². The summed E-state index contributed by atoms with van der Waals surface area (Å²) in [7, 11) is 0. The molecule has 4 heteroatoms. The minimum atomic E-state index is 0.143. The molecule has 2 aromatic rings. The first-order valence-corrected chi connectivity index (χ1v) is 6.21. The van der Waals surface area contributed by atoms with Gasteiger partial charge in [-0.3, -0.25) is 0 Å². The van der Waals surface area contributed by atoms with Gasteiger partial charge < -0.3 is 5.73 Å². The van der Waals surface area contributed by atoms with E-state index in [9.17, 15) is 0 Å². The SMILES string of the molecule is CC(N)Cc1ccnc(Cc2cccs2)n1. The van der Waals surface area contributed by atoms with Crippen molar-refractivity contribution in [2.24, 2.45) is 5.73 Å². The standard InChI is InChI=1S/C12H15N3S/c1-9(13)7-10-4-5-14-12(15-10)8-11-3-2-6-16-11/h2-6,9H,7-8,13H2,1H3. The number of hydrogen-bond donors (Lipinski definition) is 1. The molecule has 0 fully saturated rings. The molecule has 3 nitrogen and oxygen atoms in total. The van der Waals surface area contributed by atoms with Crippen molar-refractivity contribution in [3.8, 4) is 0 Å². The summed E-state index contributed by atoms with van der Waals surface area (Å²) in [4.78, 5) is 10.1. The number of rotatable bonds is 4. The van der Waals surface area contributed by atoms with Crippen LogP contribution >= 0.6 is 11.3 Å². The molecule has 0 saturated carbocycles. The minimum absolute atomic E-state index is 0.143. The van der Waals surface area contributed by atoms with E-state index in [4.69, 9.17) is 5.73 Å². The quantitative estimate of drug-likeness (QED) is 0.879. The van der Waals surface area contributed by atoms with E-state index in [1.165, 1.54) is 4.88 Å². The lowest BCUT2D eigenvalue weighted by Crippen LogP contribution is -2.18. The molecule has 0 aliphatic heterocycles. The van der Waals surface area contributed by atoms with Crippen LogP contribution in [0.3, 0.4) is 0 Å². The maximum Gasteiger partial charge on any atom is 0.133 e. The summed E-state index contributed by atoms with van der Waals surface area (Å²) < 4.78 is 0. The molecule has 0 aromatic carbocycles. The molecule has 0 radical (unpaired) electrons. The predicted molar refractivity (Wildman–Crippen MR) is 66.5 cm³/mol. The molecule has 84 valence electrons. The Bertz CT molecular complexity index is 437. The van der Waals surface area contributed by atoms with E-state index in [1.807, 2.05) is 25.3 Å². The van der Waals surface area contributed by atoms with Crippen LogP contribution < -0.4 is 5.73 Å². The van der Waals surface area contributed by atoms with Crippen molar-refractivity contribution in [1.29, 1.82) is 0 Å². The van der Waals surface area contributed by atoms with E-state index in [-0.39, 0.29) is 6.04 Å². The summed E-state index contributed by atoms with van der Waals surface area (Å²) in [6.07, 6.45) is 3.43. The molecule has 0 aliphatic carbocycles. The Morgan fingerprint density at radius 1 is 1.44 bits per heavy atom. The Balaban J connectivity index is 2.10. The molecule has 2 aromatic heterocycles. The fraction of sp³-hybridized carbons (Fsp3) is 0.333. The van der Waals surface area contributed by atoms with E-state index < -0.39 is 0 Å². The summed E-state index contributed by atoms with van der Waals surface area (Å²) in [5.41, 5.74) is 6.78. The van der Waals surface area contributed by atoms with Crippen molar-refractivity contribution in [3.63, 3.8) is 0 Å². The Kier molecular flexibility index (Phi) is 3.64. The van der Waals surface area contributed by atoms with Crippen LogP contribution in [0.4, 0.5) is 0 Å². The molecule has 2 heterocycles. The maximum atomic E-state index is 5.75. The van der Waals surface area contributed by atoms with Gasteiger partial charge in [0.1, 0.15) is 5.82 Å². The number of nitrogens with two attached hydrogens (primary N) is 1. The van der Waals surface area contributed by atoms with Gasteiger partial charge in [0.05, 0.1) is 0 Å². The molecule has 2 N–H and O–H groups in total. The zero-order chi connectivity index (χ0) is 11.4. The highest BCUT2D eigenvalue weighted by Gasteiger charge is 2.03. The third-order valence-corrected chi connectivity index (χ3v) is 3.08. The summed E-state index contributed by atoms with van der Waals surface area (Å²) >= 11 is 1.73. The van der Waals surface area contributed by atoms with E-state index in [1.54, 1.807) is 11.3 Å². The van der Waals surface area contributed by atoms with E-state index in [0.717, 1.165) is 24.4 Å². The lowest BCUT2D eigenvalue weighted by atomic mass is 10.2. The van der Waals surface area contributed by atoms with Crippen molar-refractivity contribution in [2.45, 2.75) is 25.8 Å². The monoisotopic (exact) mass is 233 g/mol.